The average molecular weight is 377 g/mol. The van der Waals surface area contributed by atoms with Gasteiger partial charge >= 0.3 is 5.97 Å². The third-order valence-electron chi connectivity index (χ3n) is 3.96. The Morgan fingerprint density at radius 1 is 1.07 bits per heavy atom. The second-order valence-electron chi connectivity index (χ2n) is 6.23. The van der Waals surface area contributed by atoms with Crippen molar-refractivity contribution >= 4 is 11.9 Å². The maximum atomic E-state index is 13.8. The Kier molecular flexibility index (Phi) is 5.25. The first-order valence-electron chi connectivity index (χ1n) is 8.23. The quantitative estimate of drug-likeness (QED) is 0.640. The molecule has 1 aliphatic rings. The number of halogens is 2. The lowest BCUT2D eigenvalue weighted by Crippen LogP contribution is -2.46. The largest absolute Gasteiger partial charge is 0.454 e. The summed E-state index contributed by atoms with van der Waals surface area (Å²) in [6, 6.07) is 6.55. The summed E-state index contributed by atoms with van der Waals surface area (Å²) in [5.74, 6) is -3.07. The van der Waals surface area contributed by atoms with Crippen molar-refractivity contribution in [1.29, 1.82) is 0 Å². The number of ether oxygens (including phenoxy) is 3. The monoisotopic (exact) mass is 377 g/mol. The van der Waals surface area contributed by atoms with E-state index in [-0.39, 0.29) is 18.5 Å². The Hall–Kier alpha value is -3.16. The maximum absolute atomic E-state index is 13.8. The number of hydrogen-bond donors (Lipinski definition) is 1. The molecule has 2 aromatic carbocycles. The summed E-state index contributed by atoms with van der Waals surface area (Å²) in [4.78, 5) is 24.8. The van der Waals surface area contributed by atoms with E-state index in [1.54, 1.807) is 19.9 Å². The number of fused-ring (bicyclic) bond motifs is 1. The number of carbonyl (C=O) groups is 2. The number of nitrogens with one attached hydrogen (secondary N) is 1. The lowest BCUT2D eigenvalue weighted by atomic mass is 10.0. The maximum Gasteiger partial charge on any atom is 0.334 e. The molecule has 0 bridgehead atoms. The molecular formula is C19H17F2NO5. The van der Waals surface area contributed by atoms with Gasteiger partial charge in [0.1, 0.15) is 29.0 Å². The van der Waals surface area contributed by atoms with Gasteiger partial charge < -0.3 is 19.5 Å². The second-order valence-corrected chi connectivity index (χ2v) is 6.23. The Morgan fingerprint density at radius 2 is 1.74 bits per heavy atom. The van der Waals surface area contributed by atoms with Gasteiger partial charge in [-0.05, 0) is 30.2 Å². The highest BCUT2D eigenvalue weighted by molar-refractivity contribution is 5.97. The van der Waals surface area contributed by atoms with E-state index in [4.69, 9.17) is 14.2 Å². The second kappa shape index (κ2) is 7.61. The van der Waals surface area contributed by atoms with Crippen molar-refractivity contribution in [2.75, 3.05) is 6.79 Å². The van der Waals surface area contributed by atoms with Crippen LogP contribution in [0.1, 0.15) is 24.2 Å². The van der Waals surface area contributed by atoms with Crippen molar-refractivity contribution in [3.63, 3.8) is 0 Å². The molecule has 2 aromatic rings. The molecule has 1 N–H and O–H groups in total. The fraction of sp³-hybridized carbons (Fsp3) is 0.263. The molecule has 8 heteroatoms. The smallest absolute Gasteiger partial charge is 0.334 e. The minimum absolute atomic E-state index is 0.0750. The van der Waals surface area contributed by atoms with Gasteiger partial charge in [0.05, 0.1) is 0 Å². The lowest BCUT2D eigenvalue weighted by Gasteiger charge is -2.21. The molecule has 1 aliphatic heterocycles. The molecule has 1 heterocycles. The summed E-state index contributed by atoms with van der Waals surface area (Å²) in [7, 11) is 0. The van der Waals surface area contributed by atoms with Crippen molar-refractivity contribution in [3.05, 3.63) is 53.6 Å². The van der Waals surface area contributed by atoms with E-state index in [0.29, 0.717) is 11.5 Å². The summed E-state index contributed by atoms with van der Waals surface area (Å²) in [5, 5.41) is 2.34. The van der Waals surface area contributed by atoms with E-state index in [0.717, 1.165) is 18.2 Å². The third kappa shape index (κ3) is 3.99. The topological polar surface area (TPSA) is 73.9 Å². The molecule has 0 spiro atoms. The molecule has 6 nitrogen and oxygen atoms in total. The molecule has 0 aliphatic carbocycles. The van der Waals surface area contributed by atoms with Crippen molar-refractivity contribution < 1.29 is 32.6 Å². The van der Waals surface area contributed by atoms with Crippen molar-refractivity contribution in [3.8, 4) is 17.2 Å². The van der Waals surface area contributed by atoms with Crippen LogP contribution in [0, 0.1) is 17.6 Å². The summed E-state index contributed by atoms with van der Waals surface area (Å²) >= 11 is 0. The van der Waals surface area contributed by atoms with Crippen LogP contribution in [0.2, 0.25) is 0 Å². The van der Waals surface area contributed by atoms with Crippen LogP contribution >= 0.6 is 0 Å². The Morgan fingerprint density at radius 3 is 2.41 bits per heavy atom. The van der Waals surface area contributed by atoms with E-state index >= 15 is 0 Å². The van der Waals surface area contributed by atoms with Crippen LogP contribution in [0.15, 0.2) is 36.4 Å². The number of rotatable bonds is 5. The molecule has 0 radical (unpaired) electrons. The molecule has 0 aromatic heterocycles. The highest BCUT2D eigenvalue weighted by Gasteiger charge is 2.29. The van der Waals surface area contributed by atoms with Crippen LogP contribution in [0.3, 0.4) is 0 Å². The summed E-state index contributed by atoms with van der Waals surface area (Å²) in [5.41, 5.74) is -0.751. The SMILES string of the molecule is CC(C)[C@H](NC(=O)c1c(F)cccc1F)C(=O)Oc1ccc2c(c1)OCO2. The molecule has 1 amide bonds. The molecular weight excluding hydrogens is 360 g/mol. The number of amides is 1. The zero-order valence-corrected chi connectivity index (χ0v) is 14.6. The first kappa shape index (κ1) is 18.6. The summed E-state index contributed by atoms with van der Waals surface area (Å²) < 4.78 is 43.2. The molecule has 142 valence electrons. The molecule has 0 fully saturated rings. The Labute approximate surface area is 154 Å². The van der Waals surface area contributed by atoms with E-state index < -0.39 is 35.1 Å². The van der Waals surface area contributed by atoms with E-state index in [2.05, 4.69) is 5.32 Å². The van der Waals surface area contributed by atoms with Gasteiger partial charge in [0.25, 0.3) is 5.91 Å². The minimum Gasteiger partial charge on any atom is -0.454 e. The van der Waals surface area contributed by atoms with Gasteiger partial charge in [-0.3, -0.25) is 4.79 Å². The predicted octanol–water partition coefficient (Wildman–Crippen LogP) is 3.05. The van der Waals surface area contributed by atoms with Gasteiger partial charge in [-0.25, -0.2) is 13.6 Å². The first-order chi connectivity index (χ1) is 12.9. The first-order valence-corrected chi connectivity index (χ1v) is 8.23. The normalized spacial score (nSPS) is 13.4. The molecule has 27 heavy (non-hydrogen) atoms. The van der Waals surface area contributed by atoms with E-state index in [1.165, 1.54) is 12.1 Å². The van der Waals surface area contributed by atoms with E-state index in [9.17, 15) is 18.4 Å². The Bertz CT molecular complexity index is 864. The van der Waals surface area contributed by atoms with Gasteiger partial charge in [0.2, 0.25) is 6.79 Å². The van der Waals surface area contributed by atoms with Crippen LogP contribution in [-0.4, -0.2) is 24.7 Å². The van der Waals surface area contributed by atoms with Gasteiger partial charge in [-0.1, -0.05) is 19.9 Å². The number of carbonyl (C=O) groups excluding carboxylic acids is 2. The molecule has 0 saturated carbocycles. The van der Waals surface area contributed by atoms with Crippen molar-refractivity contribution in [1.82, 2.24) is 5.32 Å². The van der Waals surface area contributed by atoms with Crippen LogP contribution in [-0.2, 0) is 4.79 Å². The Balaban J connectivity index is 1.75. The van der Waals surface area contributed by atoms with E-state index in [1.807, 2.05) is 0 Å². The minimum atomic E-state index is -1.11. The summed E-state index contributed by atoms with van der Waals surface area (Å²) in [6.45, 7) is 3.42. The van der Waals surface area contributed by atoms with Crippen LogP contribution in [0.5, 0.6) is 17.2 Å². The fourth-order valence-electron chi connectivity index (χ4n) is 2.55. The molecule has 0 saturated heterocycles. The van der Waals surface area contributed by atoms with Crippen molar-refractivity contribution in [2.45, 2.75) is 19.9 Å². The summed E-state index contributed by atoms with van der Waals surface area (Å²) in [6.07, 6.45) is 0. The van der Waals surface area contributed by atoms with Crippen LogP contribution in [0.4, 0.5) is 8.78 Å². The van der Waals surface area contributed by atoms with Crippen LogP contribution in [0.25, 0.3) is 0 Å². The zero-order valence-electron chi connectivity index (χ0n) is 14.6. The highest BCUT2D eigenvalue weighted by Crippen LogP contribution is 2.35. The van der Waals surface area contributed by atoms with Gasteiger partial charge in [0.15, 0.2) is 11.5 Å². The zero-order chi connectivity index (χ0) is 19.6. The number of benzene rings is 2. The van der Waals surface area contributed by atoms with Crippen LogP contribution < -0.4 is 19.5 Å². The van der Waals surface area contributed by atoms with Gasteiger partial charge in [0, 0.05) is 6.07 Å². The molecule has 0 unspecified atom stereocenters. The van der Waals surface area contributed by atoms with Gasteiger partial charge in [-0.15, -0.1) is 0 Å². The standard InChI is InChI=1S/C19H17F2NO5/c1-10(2)17(22-18(23)16-12(20)4-3-5-13(16)21)19(24)27-11-6-7-14-15(8-11)26-9-25-14/h3-8,10,17H,9H2,1-2H3,(H,22,23)/t17-/m0/s1. The molecule has 1 atom stereocenters. The lowest BCUT2D eigenvalue weighted by molar-refractivity contribution is -0.137. The van der Waals surface area contributed by atoms with Crippen molar-refractivity contribution in [2.24, 2.45) is 5.92 Å². The highest BCUT2D eigenvalue weighted by atomic mass is 19.1. The fourth-order valence-corrected chi connectivity index (χ4v) is 2.55. The number of hydrogen-bond acceptors (Lipinski definition) is 5. The number of esters is 1. The van der Waals surface area contributed by atoms with Gasteiger partial charge in [-0.2, -0.15) is 0 Å². The molecule has 3 rings (SSSR count). The third-order valence-corrected chi connectivity index (χ3v) is 3.96. The average Bonchev–Trinajstić information content (AvgIpc) is 3.06. The predicted molar refractivity (Wildman–Crippen MR) is 90.7 cm³/mol.